The van der Waals surface area contributed by atoms with E-state index in [0.29, 0.717) is 0 Å². The van der Waals surface area contributed by atoms with E-state index in [0.717, 1.165) is 6.07 Å². The molecule has 1 aromatic rings. The number of alkyl halides is 2. The van der Waals surface area contributed by atoms with E-state index in [1.54, 1.807) is 0 Å². The quantitative estimate of drug-likeness (QED) is 0.684. The van der Waals surface area contributed by atoms with Crippen LogP contribution in [-0.2, 0) is 11.2 Å². The monoisotopic (exact) mass is 331 g/mol. The molecule has 1 heterocycles. The van der Waals surface area contributed by atoms with Gasteiger partial charge in [-0.3, -0.25) is 4.79 Å². The minimum absolute atomic E-state index is 0.248. The second-order valence-electron chi connectivity index (χ2n) is 2.68. The Labute approximate surface area is 96.5 Å². The topological polar surface area (TPSA) is 50.2 Å². The van der Waals surface area contributed by atoms with Gasteiger partial charge in [-0.15, -0.1) is 0 Å². The molecule has 1 N–H and O–H groups in total. The van der Waals surface area contributed by atoms with Gasteiger partial charge < -0.3 is 5.11 Å². The van der Waals surface area contributed by atoms with E-state index in [1.807, 2.05) is 0 Å². The van der Waals surface area contributed by atoms with Crippen LogP contribution in [0, 0.1) is 9.52 Å². The van der Waals surface area contributed by atoms with Crippen molar-refractivity contribution in [3.8, 4) is 0 Å². The zero-order valence-electron chi connectivity index (χ0n) is 7.18. The summed E-state index contributed by atoms with van der Waals surface area (Å²) < 4.78 is 37.5. The normalized spacial score (nSPS) is 10.7. The molecule has 0 saturated carbocycles. The van der Waals surface area contributed by atoms with Crippen LogP contribution >= 0.6 is 22.6 Å². The summed E-state index contributed by atoms with van der Waals surface area (Å²) in [5.41, 5.74) is -0.894. The van der Waals surface area contributed by atoms with Crippen LogP contribution in [0.15, 0.2) is 6.07 Å². The Morgan fingerprint density at radius 3 is 2.67 bits per heavy atom. The molecule has 0 aliphatic heterocycles. The first kappa shape index (κ1) is 12.2. The van der Waals surface area contributed by atoms with Crippen LogP contribution in [0.4, 0.5) is 13.2 Å². The lowest BCUT2D eigenvalue weighted by Gasteiger charge is -2.05. The van der Waals surface area contributed by atoms with Crippen LogP contribution < -0.4 is 0 Å². The average Bonchev–Trinajstić information content (AvgIpc) is 2.11. The van der Waals surface area contributed by atoms with Gasteiger partial charge in [-0.1, -0.05) is 0 Å². The Morgan fingerprint density at radius 2 is 2.20 bits per heavy atom. The predicted molar refractivity (Wildman–Crippen MR) is 53.2 cm³/mol. The Bertz CT molecular complexity index is 398. The van der Waals surface area contributed by atoms with Gasteiger partial charge >= 0.3 is 5.97 Å². The van der Waals surface area contributed by atoms with E-state index in [4.69, 9.17) is 5.11 Å². The van der Waals surface area contributed by atoms with Crippen LogP contribution in [0.25, 0.3) is 0 Å². The lowest BCUT2D eigenvalue weighted by atomic mass is 10.1. The third kappa shape index (κ3) is 3.05. The maximum atomic E-state index is 13.2. The smallest absolute Gasteiger partial charge is 0.307 e. The largest absolute Gasteiger partial charge is 0.481 e. The highest BCUT2D eigenvalue weighted by Crippen LogP contribution is 2.22. The molecular formula is C8H5F3INO2. The number of hydrogen-bond acceptors (Lipinski definition) is 2. The Balaban J connectivity index is 3.18. The summed E-state index contributed by atoms with van der Waals surface area (Å²) in [6.07, 6.45) is -3.48. The molecule has 1 aromatic heterocycles. The molecule has 3 nitrogen and oxygen atoms in total. The van der Waals surface area contributed by atoms with E-state index < -0.39 is 30.3 Å². The van der Waals surface area contributed by atoms with Gasteiger partial charge in [-0.05, 0) is 28.7 Å². The SMILES string of the molecule is O=C(O)Cc1cc(C(F)F)nc(I)c1F. The van der Waals surface area contributed by atoms with Crippen LogP contribution in [0.5, 0.6) is 0 Å². The molecule has 0 aliphatic rings. The van der Waals surface area contributed by atoms with E-state index >= 15 is 0 Å². The van der Waals surface area contributed by atoms with Gasteiger partial charge in [0.15, 0.2) is 5.82 Å². The van der Waals surface area contributed by atoms with Crippen molar-refractivity contribution in [2.45, 2.75) is 12.8 Å². The minimum Gasteiger partial charge on any atom is -0.481 e. The zero-order chi connectivity index (χ0) is 11.6. The fourth-order valence-corrected chi connectivity index (χ4v) is 1.60. The van der Waals surface area contributed by atoms with Gasteiger partial charge in [-0.25, -0.2) is 18.2 Å². The highest BCUT2D eigenvalue weighted by atomic mass is 127. The number of aliphatic carboxylic acids is 1. The zero-order valence-corrected chi connectivity index (χ0v) is 9.33. The van der Waals surface area contributed by atoms with Gasteiger partial charge in [0.05, 0.1) is 6.42 Å². The van der Waals surface area contributed by atoms with Gasteiger partial charge in [0, 0.05) is 5.56 Å². The summed E-state index contributed by atoms with van der Waals surface area (Å²) >= 11 is 1.44. The average molecular weight is 331 g/mol. The van der Waals surface area contributed by atoms with Crippen LogP contribution in [-0.4, -0.2) is 16.1 Å². The van der Waals surface area contributed by atoms with Crippen molar-refractivity contribution in [3.63, 3.8) is 0 Å². The minimum atomic E-state index is -2.84. The first-order valence-corrected chi connectivity index (χ1v) is 4.84. The first-order chi connectivity index (χ1) is 6.91. The molecule has 0 amide bonds. The Kier molecular flexibility index (Phi) is 3.89. The number of carboxylic acids is 1. The van der Waals surface area contributed by atoms with Crippen molar-refractivity contribution in [1.82, 2.24) is 4.98 Å². The number of nitrogens with zero attached hydrogens (tertiary/aromatic N) is 1. The summed E-state index contributed by atoms with van der Waals surface area (Å²) in [4.78, 5) is 13.6. The maximum Gasteiger partial charge on any atom is 0.307 e. The van der Waals surface area contributed by atoms with Crippen molar-refractivity contribution in [1.29, 1.82) is 0 Å². The molecule has 0 radical (unpaired) electrons. The number of pyridine rings is 1. The molecule has 15 heavy (non-hydrogen) atoms. The van der Waals surface area contributed by atoms with Gasteiger partial charge in [-0.2, -0.15) is 0 Å². The number of aromatic nitrogens is 1. The molecular weight excluding hydrogens is 326 g/mol. The molecule has 0 saturated heterocycles. The number of carbonyl (C=O) groups is 1. The summed E-state index contributed by atoms with van der Waals surface area (Å²) in [7, 11) is 0. The number of halogens is 4. The molecule has 0 spiro atoms. The van der Waals surface area contributed by atoms with Crippen LogP contribution in [0.2, 0.25) is 0 Å². The Hall–Kier alpha value is -0.860. The van der Waals surface area contributed by atoms with E-state index in [9.17, 15) is 18.0 Å². The lowest BCUT2D eigenvalue weighted by Crippen LogP contribution is -2.07. The van der Waals surface area contributed by atoms with Crippen LogP contribution in [0.3, 0.4) is 0 Å². The first-order valence-electron chi connectivity index (χ1n) is 3.76. The summed E-state index contributed by atoms with van der Waals surface area (Å²) in [5.74, 6) is -2.14. The van der Waals surface area contributed by atoms with E-state index in [1.165, 1.54) is 22.6 Å². The summed E-state index contributed by atoms with van der Waals surface area (Å²) in [5, 5.41) is 8.43. The fraction of sp³-hybridized carbons (Fsp3) is 0.250. The van der Waals surface area contributed by atoms with Crippen molar-refractivity contribution in [2.75, 3.05) is 0 Å². The number of carboxylic acid groups (broad SMARTS) is 1. The van der Waals surface area contributed by atoms with Crippen molar-refractivity contribution < 1.29 is 23.1 Å². The van der Waals surface area contributed by atoms with E-state index in [-0.39, 0.29) is 9.26 Å². The molecule has 7 heteroatoms. The molecule has 0 aliphatic carbocycles. The standard InChI is InChI=1S/C8H5F3INO2/c9-6-3(2-5(14)15)1-4(7(10)11)13-8(6)12/h1,7H,2H2,(H,14,15). The second kappa shape index (κ2) is 4.77. The molecule has 0 aromatic carbocycles. The molecule has 82 valence electrons. The predicted octanol–water partition coefficient (Wildman–Crippen LogP) is 2.39. The summed E-state index contributed by atoms with van der Waals surface area (Å²) in [6, 6.07) is 0.774. The molecule has 0 unspecified atom stereocenters. The van der Waals surface area contributed by atoms with Crippen molar-refractivity contribution in [2.24, 2.45) is 0 Å². The third-order valence-corrected chi connectivity index (χ3v) is 2.29. The van der Waals surface area contributed by atoms with Gasteiger partial charge in [0.1, 0.15) is 9.39 Å². The van der Waals surface area contributed by atoms with Crippen molar-refractivity contribution >= 4 is 28.6 Å². The maximum absolute atomic E-state index is 13.2. The summed E-state index contributed by atoms with van der Waals surface area (Å²) in [6.45, 7) is 0. The molecule has 0 bridgehead atoms. The van der Waals surface area contributed by atoms with E-state index in [2.05, 4.69) is 4.98 Å². The third-order valence-electron chi connectivity index (χ3n) is 1.58. The Morgan fingerprint density at radius 1 is 1.60 bits per heavy atom. The van der Waals surface area contributed by atoms with Crippen molar-refractivity contribution in [3.05, 3.63) is 26.8 Å². The number of rotatable bonds is 3. The molecule has 0 atom stereocenters. The highest BCUT2D eigenvalue weighted by Gasteiger charge is 2.17. The molecule has 1 rings (SSSR count). The van der Waals surface area contributed by atoms with Gasteiger partial charge in [0.25, 0.3) is 6.43 Å². The lowest BCUT2D eigenvalue weighted by molar-refractivity contribution is -0.136. The van der Waals surface area contributed by atoms with Gasteiger partial charge in [0.2, 0.25) is 0 Å². The number of hydrogen-bond donors (Lipinski definition) is 1. The van der Waals surface area contributed by atoms with Crippen LogP contribution in [0.1, 0.15) is 17.7 Å². The second-order valence-corrected chi connectivity index (χ2v) is 3.70. The highest BCUT2D eigenvalue weighted by molar-refractivity contribution is 14.1. The molecule has 0 fully saturated rings. The fourth-order valence-electron chi connectivity index (χ4n) is 0.972.